The van der Waals surface area contributed by atoms with Crippen molar-refractivity contribution >= 4 is 11.8 Å². The third-order valence-electron chi connectivity index (χ3n) is 3.31. The second kappa shape index (κ2) is 7.41. The molecular formula is C18H18O4. The van der Waals surface area contributed by atoms with Crippen molar-refractivity contribution in [1.29, 1.82) is 0 Å². The van der Waals surface area contributed by atoms with Gasteiger partial charge in [-0.1, -0.05) is 30.3 Å². The smallest absolute Gasteiger partial charge is 0.303 e. The van der Waals surface area contributed by atoms with Crippen LogP contribution in [0.4, 0.5) is 0 Å². The van der Waals surface area contributed by atoms with Gasteiger partial charge in [0.05, 0.1) is 6.42 Å². The average molecular weight is 298 g/mol. The molecule has 0 radical (unpaired) electrons. The third-order valence-corrected chi connectivity index (χ3v) is 3.31. The second-order valence-electron chi connectivity index (χ2n) is 5.07. The quantitative estimate of drug-likeness (QED) is 0.793. The van der Waals surface area contributed by atoms with E-state index in [2.05, 4.69) is 0 Å². The zero-order valence-corrected chi connectivity index (χ0v) is 12.4. The van der Waals surface area contributed by atoms with E-state index in [1.54, 1.807) is 18.2 Å². The number of carboxylic acid groups (broad SMARTS) is 1. The molecule has 0 unspecified atom stereocenters. The van der Waals surface area contributed by atoms with E-state index < -0.39 is 5.97 Å². The van der Waals surface area contributed by atoms with E-state index in [0.717, 1.165) is 11.1 Å². The number of aliphatic carboxylic acids is 1. The summed E-state index contributed by atoms with van der Waals surface area (Å²) < 4.78 is 5.70. The van der Waals surface area contributed by atoms with E-state index in [-0.39, 0.29) is 18.6 Å². The first-order valence-electron chi connectivity index (χ1n) is 7.08. The summed E-state index contributed by atoms with van der Waals surface area (Å²) in [4.78, 5) is 22.5. The zero-order chi connectivity index (χ0) is 15.9. The number of Topliss-reactive ketones (excluding diaryl/α,β-unsaturated/α-hetero) is 1. The van der Waals surface area contributed by atoms with Crippen molar-refractivity contribution in [2.75, 3.05) is 0 Å². The maximum atomic E-state index is 12.0. The highest BCUT2D eigenvalue weighted by Gasteiger charge is 2.11. The van der Waals surface area contributed by atoms with Crippen LogP contribution in [0.25, 0.3) is 0 Å². The minimum absolute atomic E-state index is 0.0143. The van der Waals surface area contributed by atoms with Crippen LogP contribution in [0.1, 0.15) is 34.3 Å². The molecule has 2 rings (SSSR count). The van der Waals surface area contributed by atoms with Gasteiger partial charge in [0.2, 0.25) is 0 Å². The number of hydrogen-bond acceptors (Lipinski definition) is 3. The van der Waals surface area contributed by atoms with Crippen molar-refractivity contribution in [3.8, 4) is 5.75 Å². The molecule has 114 valence electrons. The predicted molar refractivity (Wildman–Crippen MR) is 83.2 cm³/mol. The van der Waals surface area contributed by atoms with Gasteiger partial charge in [0.25, 0.3) is 0 Å². The standard InChI is InChI=1S/C18H18O4/c1-13-11-15(22-12-14-5-3-2-4-6-14)7-8-16(13)17(19)9-10-18(20)21/h2-8,11H,9-10,12H2,1H3,(H,20,21). The number of carbonyl (C=O) groups excluding carboxylic acids is 1. The molecule has 4 nitrogen and oxygen atoms in total. The Morgan fingerprint density at radius 2 is 1.77 bits per heavy atom. The Kier molecular flexibility index (Phi) is 5.31. The molecule has 0 fully saturated rings. The lowest BCUT2D eigenvalue weighted by molar-refractivity contribution is -0.136. The number of hydrogen-bond donors (Lipinski definition) is 1. The molecule has 0 atom stereocenters. The normalized spacial score (nSPS) is 10.2. The van der Waals surface area contributed by atoms with Gasteiger partial charge in [-0.2, -0.15) is 0 Å². The van der Waals surface area contributed by atoms with Gasteiger partial charge >= 0.3 is 5.97 Å². The van der Waals surface area contributed by atoms with Crippen molar-refractivity contribution in [3.05, 3.63) is 65.2 Å². The van der Waals surface area contributed by atoms with E-state index in [1.165, 1.54) is 0 Å². The van der Waals surface area contributed by atoms with Crippen LogP contribution in [-0.4, -0.2) is 16.9 Å². The van der Waals surface area contributed by atoms with Gasteiger partial charge in [-0.3, -0.25) is 9.59 Å². The number of aryl methyl sites for hydroxylation is 1. The van der Waals surface area contributed by atoms with Gasteiger partial charge in [-0.25, -0.2) is 0 Å². The zero-order valence-electron chi connectivity index (χ0n) is 12.4. The summed E-state index contributed by atoms with van der Waals surface area (Å²) in [6.07, 6.45) is -0.134. The van der Waals surface area contributed by atoms with E-state index in [9.17, 15) is 9.59 Å². The van der Waals surface area contributed by atoms with Crippen molar-refractivity contribution in [2.45, 2.75) is 26.4 Å². The Hall–Kier alpha value is -2.62. The van der Waals surface area contributed by atoms with E-state index in [1.807, 2.05) is 37.3 Å². The van der Waals surface area contributed by atoms with Crippen LogP contribution in [0.3, 0.4) is 0 Å². The predicted octanol–water partition coefficient (Wildman–Crippen LogP) is 3.62. The van der Waals surface area contributed by atoms with E-state index >= 15 is 0 Å². The first-order chi connectivity index (χ1) is 10.6. The number of carboxylic acids is 1. The SMILES string of the molecule is Cc1cc(OCc2ccccc2)ccc1C(=O)CCC(=O)O. The summed E-state index contributed by atoms with van der Waals surface area (Å²) in [5.41, 5.74) is 2.41. The van der Waals surface area contributed by atoms with Crippen LogP contribution >= 0.6 is 0 Å². The molecule has 0 amide bonds. The number of ketones is 1. The molecule has 22 heavy (non-hydrogen) atoms. The Balaban J connectivity index is 2.00. The molecule has 0 aliphatic carbocycles. The molecule has 1 N–H and O–H groups in total. The fourth-order valence-corrected chi connectivity index (χ4v) is 2.13. The molecule has 0 aromatic heterocycles. The fourth-order valence-electron chi connectivity index (χ4n) is 2.13. The lowest BCUT2D eigenvalue weighted by atomic mass is 10.0. The second-order valence-corrected chi connectivity index (χ2v) is 5.07. The lowest BCUT2D eigenvalue weighted by Gasteiger charge is -2.09. The molecule has 0 saturated heterocycles. The van der Waals surface area contributed by atoms with Crippen LogP contribution in [0.15, 0.2) is 48.5 Å². The number of ether oxygens (including phenoxy) is 1. The van der Waals surface area contributed by atoms with Gasteiger partial charge in [0, 0.05) is 12.0 Å². The first-order valence-corrected chi connectivity index (χ1v) is 7.08. The Morgan fingerprint density at radius 1 is 1.05 bits per heavy atom. The highest BCUT2D eigenvalue weighted by Crippen LogP contribution is 2.20. The molecule has 0 bridgehead atoms. The minimum Gasteiger partial charge on any atom is -0.489 e. The van der Waals surface area contributed by atoms with E-state index in [0.29, 0.717) is 17.9 Å². The molecular weight excluding hydrogens is 280 g/mol. The summed E-state index contributed by atoms with van der Waals surface area (Å²) in [5, 5.41) is 8.63. The Morgan fingerprint density at radius 3 is 2.41 bits per heavy atom. The highest BCUT2D eigenvalue weighted by molar-refractivity contribution is 5.98. The summed E-state index contributed by atoms with van der Waals surface area (Å²) in [7, 11) is 0. The van der Waals surface area contributed by atoms with Gasteiger partial charge in [0.15, 0.2) is 5.78 Å². The van der Waals surface area contributed by atoms with Crippen LogP contribution in [0, 0.1) is 6.92 Å². The van der Waals surface area contributed by atoms with Crippen molar-refractivity contribution in [2.24, 2.45) is 0 Å². The first kappa shape index (κ1) is 15.8. The van der Waals surface area contributed by atoms with Gasteiger partial charge in [-0.15, -0.1) is 0 Å². The largest absolute Gasteiger partial charge is 0.489 e. The number of benzene rings is 2. The number of carbonyl (C=O) groups is 2. The molecule has 2 aromatic rings. The van der Waals surface area contributed by atoms with Gasteiger partial charge < -0.3 is 9.84 Å². The topological polar surface area (TPSA) is 63.6 Å². The highest BCUT2D eigenvalue weighted by atomic mass is 16.5. The van der Waals surface area contributed by atoms with Crippen LogP contribution < -0.4 is 4.74 Å². The summed E-state index contributed by atoms with van der Waals surface area (Å²) in [6, 6.07) is 15.1. The summed E-state index contributed by atoms with van der Waals surface area (Å²) >= 11 is 0. The molecule has 0 saturated carbocycles. The van der Waals surface area contributed by atoms with Crippen LogP contribution in [-0.2, 0) is 11.4 Å². The number of rotatable bonds is 7. The van der Waals surface area contributed by atoms with Crippen molar-refractivity contribution in [1.82, 2.24) is 0 Å². The molecule has 0 aliphatic rings. The van der Waals surface area contributed by atoms with Gasteiger partial charge in [0.1, 0.15) is 12.4 Å². The third kappa shape index (κ3) is 4.45. The molecule has 2 aromatic carbocycles. The maximum absolute atomic E-state index is 12.0. The molecule has 0 aliphatic heterocycles. The Bertz CT molecular complexity index is 662. The Labute approximate surface area is 129 Å². The monoisotopic (exact) mass is 298 g/mol. The summed E-state index contributed by atoms with van der Waals surface area (Å²) in [6.45, 7) is 2.29. The van der Waals surface area contributed by atoms with Crippen molar-refractivity contribution < 1.29 is 19.4 Å². The molecule has 0 spiro atoms. The van der Waals surface area contributed by atoms with E-state index in [4.69, 9.17) is 9.84 Å². The lowest BCUT2D eigenvalue weighted by Crippen LogP contribution is -2.06. The minimum atomic E-state index is -0.964. The van der Waals surface area contributed by atoms with Crippen LogP contribution in [0.2, 0.25) is 0 Å². The molecule has 4 heteroatoms. The fraction of sp³-hybridized carbons (Fsp3) is 0.222. The maximum Gasteiger partial charge on any atom is 0.303 e. The molecule has 0 heterocycles. The average Bonchev–Trinajstić information content (AvgIpc) is 2.51. The van der Waals surface area contributed by atoms with Crippen LogP contribution in [0.5, 0.6) is 5.75 Å². The summed E-state index contributed by atoms with van der Waals surface area (Å²) in [5.74, 6) is -0.431. The van der Waals surface area contributed by atoms with Gasteiger partial charge in [-0.05, 0) is 36.2 Å². The van der Waals surface area contributed by atoms with Crippen molar-refractivity contribution in [3.63, 3.8) is 0 Å².